The van der Waals surface area contributed by atoms with E-state index < -0.39 is 0 Å². The lowest BCUT2D eigenvalue weighted by molar-refractivity contribution is 0.351. The van der Waals surface area contributed by atoms with E-state index in [1.807, 2.05) is 0 Å². The van der Waals surface area contributed by atoms with Gasteiger partial charge in [0.05, 0.1) is 0 Å². The highest BCUT2D eigenvalue weighted by Gasteiger charge is 2.23. The zero-order valence-electron chi connectivity index (χ0n) is 10.3. The average molecular weight is 225 g/mol. The summed E-state index contributed by atoms with van der Waals surface area (Å²) in [7, 11) is 0. The first-order chi connectivity index (χ1) is 8.36. The molecule has 1 aliphatic heterocycles. The Labute approximate surface area is 103 Å². The minimum Gasteiger partial charge on any atom is -0.316 e. The number of rotatable bonds is 1. The maximum Gasteiger partial charge on any atom is -0.00173 e. The Kier molecular flexibility index (Phi) is 2.86. The van der Waals surface area contributed by atoms with Gasteiger partial charge >= 0.3 is 0 Å². The number of fused-ring (bicyclic) bond motifs is 1. The van der Waals surface area contributed by atoms with Crippen LogP contribution in [0.3, 0.4) is 0 Å². The summed E-state index contributed by atoms with van der Waals surface area (Å²) < 4.78 is 0. The fraction of sp³-hybridized carbons (Fsp3) is 0.375. The summed E-state index contributed by atoms with van der Waals surface area (Å²) in [6, 6.07) is 15.5. The fourth-order valence-corrected chi connectivity index (χ4v) is 3.05. The molecular formula is C16H19N. The second kappa shape index (κ2) is 4.50. The quantitative estimate of drug-likeness (QED) is 0.782. The predicted molar refractivity (Wildman–Crippen MR) is 73.3 cm³/mol. The minimum atomic E-state index is 0.711. The zero-order valence-corrected chi connectivity index (χ0v) is 10.3. The Morgan fingerprint density at radius 2 is 1.88 bits per heavy atom. The fourth-order valence-electron chi connectivity index (χ4n) is 3.05. The van der Waals surface area contributed by atoms with Gasteiger partial charge in [0.25, 0.3) is 0 Å². The van der Waals surface area contributed by atoms with E-state index in [1.165, 1.54) is 22.8 Å². The Morgan fingerprint density at radius 1 is 1.06 bits per heavy atom. The van der Waals surface area contributed by atoms with Gasteiger partial charge in [-0.25, -0.2) is 0 Å². The van der Waals surface area contributed by atoms with Crippen LogP contribution in [0, 0.1) is 5.92 Å². The van der Waals surface area contributed by atoms with Crippen LogP contribution in [0.2, 0.25) is 0 Å². The highest BCUT2D eigenvalue weighted by atomic mass is 14.9. The molecule has 0 radical (unpaired) electrons. The standard InChI is InChI=1S/C16H19N/c1-12-11-17-10-9-14(12)16-8-4-6-13-5-2-3-7-15(13)16/h2-8,12,14,17H,9-11H2,1H3. The molecule has 0 aromatic heterocycles. The van der Waals surface area contributed by atoms with Gasteiger partial charge < -0.3 is 5.32 Å². The summed E-state index contributed by atoms with van der Waals surface area (Å²) in [6.07, 6.45) is 1.26. The molecule has 1 heteroatoms. The van der Waals surface area contributed by atoms with Crippen molar-refractivity contribution in [1.29, 1.82) is 0 Å². The first kappa shape index (κ1) is 10.8. The Morgan fingerprint density at radius 3 is 2.76 bits per heavy atom. The Balaban J connectivity index is 2.10. The molecule has 2 unspecified atom stereocenters. The molecule has 0 bridgehead atoms. The maximum atomic E-state index is 3.48. The van der Waals surface area contributed by atoms with Crippen molar-refractivity contribution in [2.75, 3.05) is 13.1 Å². The van der Waals surface area contributed by atoms with Gasteiger partial charge in [0.2, 0.25) is 0 Å². The normalized spacial score (nSPS) is 25.0. The van der Waals surface area contributed by atoms with Crippen molar-refractivity contribution < 1.29 is 0 Å². The molecule has 1 nitrogen and oxygen atoms in total. The molecule has 0 saturated carbocycles. The lowest BCUT2D eigenvalue weighted by Crippen LogP contribution is -2.33. The molecule has 1 saturated heterocycles. The molecule has 1 aliphatic rings. The summed E-state index contributed by atoms with van der Waals surface area (Å²) in [6.45, 7) is 4.66. The van der Waals surface area contributed by atoms with E-state index in [9.17, 15) is 0 Å². The van der Waals surface area contributed by atoms with Crippen LogP contribution in [0.25, 0.3) is 10.8 Å². The third-order valence-electron chi connectivity index (χ3n) is 4.01. The lowest BCUT2D eigenvalue weighted by atomic mass is 9.80. The first-order valence-electron chi connectivity index (χ1n) is 6.54. The minimum absolute atomic E-state index is 0.711. The summed E-state index contributed by atoms with van der Waals surface area (Å²) in [5.41, 5.74) is 1.54. The molecular weight excluding hydrogens is 206 g/mol. The highest BCUT2D eigenvalue weighted by molar-refractivity contribution is 5.86. The van der Waals surface area contributed by atoms with E-state index in [-0.39, 0.29) is 0 Å². The molecule has 3 rings (SSSR count). The van der Waals surface area contributed by atoms with E-state index in [0.29, 0.717) is 5.92 Å². The van der Waals surface area contributed by atoms with Crippen molar-refractivity contribution in [1.82, 2.24) is 5.32 Å². The van der Waals surface area contributed by atoms with Crippen molar-refractivity contribution in [3.05, 3.63) is 48.0 Å². The molecule has 0 spiro atoms. The Hall–Kier alpha value is -1.34. The van der Waals surface area contributed by atoms with Crippen LogP contribution in [-0.4, -0.2) is 13.1 Å². The summed E-state index contributed by atoms with van der Waals surface area (Å²) in [4.78, 5) is 0. The van der Waals surface area contributed by atoms with Crippen molar-refractivity contribution in [2.24, 2.45) is 5.92 Å². The molecule has 0 aliphatic carbocycles. The third-order valence-corrected chi connectivity index (χ3v) is 4.01. The van der Waals surface area contributed by atoms with E-state index in [0.717, 1.165) is 19.0 Å². The van der Waals surface area contributed by atoms with Crippen molar-refractivity contribution in [3.63, 3.8) is 0 Å². The monoisotopic (exact) mass is 225 g/mol. The maximum absolute atomic E-state index is 3.48. The first-order valence-corrected chi connectivity index (χ1v) is 6.54. The van der Waals surface area contributed by atoms with Crippen LogP contribution in [0.1, 0.15) is 24.8 Å². The lowest BCUT2D eigenvalue weighted by Gasteiger charge is -2.30. The predicted octanol–water partition coefficient (Wildman–Crippen LogP) is 3.55. The summed E-state index contributed by atoms with van der Waals surface area (Å²) in [5.74, 6) is 1.44. The van der Waals surface area contributed by atoms with E-state index >= 15 is 0 Å². The van der Waals surface area contributed by atoms with Gasteiger partial charge in [0.15, 0.2) is 0 Å². The van der Waals surface area contributed by atoms with Gasteiger partial charge in [-0.2, -0.15) is 0 Å². The molecule has 2 aromatic rings. The Bertz CT molecular complexity index is 512. The highest BCUT2D eigenvalue weighted by Crippen LogP contribution is 2.34. The van der Waals surface area contributed by atoms with Crippen molar-refractivity contribution in [3.8, 4) is 0 Å². The number of benzene rings is 2. The number of hydrogen-bond donors (Lipinski definition) is 1. The molecule has 1 fully saturated rings. The van der Waals surface area contributed by atoms with Crippen LogP contribution < -0.4 is 5.32 Å². The van der Waals surface area contributed by atoms with Crippen LogP contribution in [-0.2, 0) is 0 Å². The largest absolute Gasteiger partial charge is 0.316 e. The van der Waals surface area contributed by atoms with Gasteiger partial charge in [-0.15, -0.1) is 0 Å². The number of nitrogens with one attached hydrogen (secondary N) is 1. The van der Waals surface area contributed by atoms with Crippen LogP contribution in [0.5, 0.6) is 0 Å². The second-order valence-electron chi connectivity index (χ2n) is 5.14. The van der Waals surface area contributed by atoms with Crippen LogP contribution in [0.4, 0.5) is 0 Å². The van der Waals surface area contributed by atoms with E-state index in [2.05, 4.69) is 54.7 Å². The third kappa shape index (κ3) is 1.96. The van der Waals surface area contributed by atoms with Crippen LogP contribution >= 0.6 is 0 Å². The summed E-state index contributed by atoms with van der Waals surface area (Å²) in [5, 5.41) is 6.29. The van der Waals surface area contributed by atoms with Gasteiger partial charge in [-0.05, 0) is 47.7 Å². The van der Waals surface area contributed by atoms with Gasteiger partial charge in [0.1, 0.15) is 0 Å². The average Bonchev–Trinajstić information content (AvgIpc) is 2.39. The molecule has 2 aromatic carbocycles. The van der Waals surface area contributed by atoms with E-state index in [4.69, 9.17) is 0 Å². The molecule has 88 valence electrons. The topological polar surface area (TPSA) is 12.0 Å². The molecule has 1 N–H and O–H groups in total. The van der Waals surface area contributed by atoms with Gasteiger partial charge in [-0.1, -0.05) is 49.4 Å². The molecule has 17 heavy (non-hydrogen) atoms. The molecule has 2 atom stereocenters. The summed E-state index contributed by atoms with van der Waals surface area (Å²) >= 11 is 0. The molecule has 0 amide bonds. The smallest absolute Gasteiger partial charge is 0.00173 e. The second-order valence-corrected chi connectivity index (χ2v) is 5.14. The SMILES string of the molecule is CC1CNCCC1c1cccc2ccccc12. The van der Waals surface area contributed by atoms with Gasteiger partial charge in [0, 0.05) is 0 Å². The van der Waals surface area contributed by atoms with Crippen molar-refractivity contribution >= 4 is 10.8 Å². The van der Waals surface area contributed by atoms with Crippen LogP contribution in [0.15, 0.2) is 42.5 Å². The zero-order chi connectivity index (χ0) is 11.7. The molecule has 1 heterocycles. The number of hydrogen-bond acceptors (Lipinski definition) is 1. The van der Waals surface area contributed by atoms with Crippen molar-refractivity contribution in [2.45, 2.75) is 19.3 Å². The van der Waals surface area contributed by atoms with Gasteiger partial charge in [-0.3, -0.25) is 0 Å². The number of piperidine rings is 1. The van der Waals surface area contributed by atoms with E-state index in [1.54, 1.807) is 0 Å².